The van der Waals surface area contributed by atoms with Crippen molar-refractivity contribution in [3.05, 3.63) is 0 Å². The van der Waals surface area contributed by atoms with Crippen LogP contribution in [0.5, 0.6) is 0 Å². The molecule has 0 spiro atoms. The van der Waals surface area contributed by atoms with Crippen molar-refractivity contribution < 1.29 is 21.5 Å². The van der Waals surface area contributed by atoms with Gasteiger partial charge in [0.15, 0.2) is 0 Å². The number of hydrogen-bond donors (Lipinski definition) is 3. The van der Waals surface area contributed by atoms with Crippen LogP contribution < -0.4 is 0 Å². The second-order valence-corrected chi connectivity index (χ2v) is 2.07. The minimum atomic E-state index is -2.15. The fourth-order valence-electron chi connectivity index (χ4n) is 0.433. The molecule has 0 aliphatic carbocycles. The van der Waals surface area contributed by atoms with E-state index < -0.39 is 24.7 Å². The summed E-state index contributed by atoms with van der Waals surface area (Å²) in [6, 6.07) is 0. The molecule has 10 heavy (non-hydrogen) atoms. The lowest BCUT2D eigenvalue weighted by Gasteiger charge is -2.13. The molecule has 60 valence electrons. The van der Waals surface area contributed by atoms with Gasteiger partial charge in [-0.05, 0) is 6.92 Å². The standard InChI is InChI=1S/C6H12O4/c1-4(8)6(10)2-5(9)3-7/h3-6,8-10H,2H2,1H3/t4-,5-,6+/m1/s1/i6D. The van der Waals surface area contributed by atoms with Crippen molar-refractivity contribution in [1.29, 1.82) is 0 Å². The summed E-state index contributed by atoms with van der Waals surface area (Å²) in [6.07, 6.45) is -5.11. The fraction of sp³-hybridized carbons (Fsp3) is 0.833. The van der Waals surface area contributed by atoms with Crippen LogP contribution in [0.3, 0.4) is 0 Å². The quantitative estimate of drug-likeness (QED) is 0.433. The van der Waals surface area contributed by atoms with Crippen molar-refractivity contribution in [3.8, 4) is 0 Å². The molecular formula is C6H12O4. The second-order valence-electron chi connectivity index (χ2n) is 2.07. The average Bonchev–Trinajstić information content (AvgIpc) is 1.86. The van der Waals surface area contributed by atoms with Crippen molar-refractivity contribution in [2.75, 3.05) is 0 Å². The Balaban J connectivity index is 4.00. The molecule has 0 aliphatic rings. The highest BCUT2D eigenvalue weighted by Gasteiger charge is 2.14. The number of aldehydes is 1. The minimum absolute atomic E-state index is 0.210. The first-order chi connectivity index (χ1) is 4.90. The highest BCUT2D eigenvalue weighted by atomic mass is 16.3. The van der Waals surface area contributed by atoms with Gasteiger partial charge >= 0.3 is 0 Å². The number of aliphatic hydroxyl groups is 3. The lowest BCUT2D eigenvalue weighted by Crippen LogP contribution is -2.28. The predicted molar refractivity (Wildman–Crippen MR) is 34.4 cm³/mol. The highest BCUT2D eigenvalue weighted by Crippen LogP contribution is 2.00. The van der Waals surface area contributed by atoms with Crippen molar-refractivity contribution in [1.82, 2.24) is 0 Å². The Kier molecular flexibility index (Phi) is 3.35. The van der Waals surface area contributed by atoms with Crippen LogP contribution in [0.4, 0.5) is 0 Å². The highest BCUT2D eigenvalue weighted by molar-refractivity contribution is 5.55. The zero-order valence-corrected chi connectivity index (χ0v) is 5.69. The lowest BCUT2D eigenvalue weighted by molar-refractivity contribution is -0.117. The Morgan fingerprint density at radius 1 is 1.60 bits per heavy atom. The molecule has 4 nitrogen and oxygen atoms in total. The van der Waals surface area contributed by atoms with E-state index in [0.717, 1.165) is 0 Å². The summed E-state index contributed by atoms with van der Waals surface area (Å²) in [6.45, 7) is 1.21. The van der Waals surface area contributed by atoms with E-state index in [2.05, 4.69) is 0 Å². The van der Waals surface area contributed by atoms with Gasteiger partial charge in [-0.15, -0.1) is 0 Å². The summed E-state index contributed by atoms with van der Waals surface area (Å²) in [7, 11) is 0. The number of rotatable bonds is 4. The maximum Gasteiger partial charge on any atom is 0.148 e. The van der Waals surface area contributed by atoms with E-state index in [4.69, 9.17) is 16.7 Å². The average molecular weight is 149 g/mol. The maximum atomic E-state index is 9.88. The molecule has 0 aromatic rings. The zero-order valence-electron chi connectivity index (χ0n) is 6.69. The van der Waals surface area contributed by atoms with E-state index >= 15 is 0 Å². The smallest absolute Gasteiger partial charge is 0.148 e. The van der Waals surface area contributed by atoms with E-state index in [-0.39, 0.29) is 6.29 Å². The zero-order chi connectivity index (χ0) is 9.07. The summed E-state index contributed by atoms with van der Waals surface area (Å²) < 4.78 is 7.00. The van der Waals surface area contributed by atoms with Gasteiger partial charge in [-0.3, -0.25) is 0 Å². The summed E-state index contributed by atoms with van der Waals surface area (Å²) in [5.74, 6) is 0. The van der Waals surface area contributed by atoms with Gasteiger partial charge in [0.05, 0.1) is 13.6 Å². The summed E-state index contributed by atoms with van der Waals surface area (Å²) in [5.41, 5.74) is 0. The summed E-state index contributed by atoms with van der Waals surface area (Å²) in [5, 5.41) is 26.4. The Bertz CT molecular complexity index is 135. The van der Waals surface area contributed by atoms with Crippen molar-refractivity contribution in [2.24, 2.45) is 0 Å². The first-order valence-electron chi connectivity index (χ1n) is 3.44. The van der Waals surface area contributed by atoms with Crippen molar-refractivity contribution >= 4 is 6.29 Å². The Labute approximate surface area is 60.5 Å². The second kappa shape index (κ2) is 4.38. The molecule has 4 heteroatoms. The Morgan fingerprint density at radius 3 is 2.40 bits per heavy atom. The van der Waals surface area contributed by atoms with E-state index in [1.54, 1.807) is 0 Å². The van der Waals surface area contributed by atoms with E-state index in [0.29, 0.717) is 0 Å². The molecule has 0 aromatic carbocycles. The van der Waals surface area contributed by atoms with Crippen LogP contribution in [0.15, 0.2) is 0 Å². The third-order valence-electron chi connectivity index (χ3n) is 1.06. The molecule has 3 N–H and O–H groups in total. The minimum Gasteiger partial charge on any atom is -0.391 e. The molecule has 0 radical (unpaired) electrons. The first-order valence-corrected chi connectivity index (χ1v) is 2.94. The lowest BCUT2D eigenvalue weighted by atomic mass is 10.1. The van der Waals surface area contributed by atoms with Gasteiger partial charge in [0, 0.05) is 6.42 Å². The number of carbonyl (C=O) groups excluding carboxylic acids is 1. The number of carbonyl (C=O) groups is 1. The van der Waals surface area contributed by atoms with Gasteiger partial charge in [0.2, 0.25) is 0 Å². The first kappa shape index (κ1) is 7.65. The van der Waals surface area contributed by atoms with Crippen molar-refractivity contribution in [2.45, 2.75) is 31.6 Å². The molecule has 0 fully saturated rings. The van der Waals surface area contributed by atoms with Crippen molar-refractivity contribution in [3.63, 3.8) is 0 Å². The van der Waals surface area contributed by atoms with Crippen LogP contribution in [-0.4, -0.2) is 39.9 Å². The number of hydrogen-bond acceptors (Lipinski definition) is 4. The van der Waals surface area contributed by atoms with Gasteiger partial charge in [-0.2, -0.15) is 0 Å². The molecule has 0 amide bonds. The molecule has 0 saturated heterocycles. The molecule has 0 aliphatic heterocycles. The van der Waals surface area contributed by atoms with Gasteiger partial charge in [0.25, 0.3) is 0 Å². The SMILES string of the molecule is [2H][C@](O)(C[C@@H](O)C=O)[C@@H](C)O. The summed E-state index contributed by atoms with van der Waals surface area (Å²) >= 11 is 0. The van der Waals surface area contributed by atoms with Gasteiger partial charge < -0.3 is 20.1 Å². The van der Waals surface area contributed by atoms with Crippen LogP contribution in [0.2, 0.25) is 0 Å². The van der Waals surface area contributed by atoms with Crippen LogP contribution in [0.1, 0.15) is 14.7 Å². The molecule has 0 heterocycles. The third kappa shape index (κ3) is 3.55. The molecule has 0 unspecified atom stereocenters. The number of aliphatic hydroxyl groups excluding tert-OH is 2. The van der Waals surface area contributed by atoms with E-state index in [1.807, 2.05) is 0 Å². The predicted octanol–water partition coefficient (Wildman–Crippen LogP) is -1.32. The molecule has 0 bridgehead atoms. The molecule has 0 rings (SSSR count). The third-order valence-corrected chi connectivity index (χ3v) is 1.06. The molecule has 0 aromatic heterocycles. The normalized spacial score (nSPS) is 24.2. The maximum absolute atomic E-state index is 9.88. The van der Waals surface area contributed by atoms with E-state index in [1.165, 1.54) is 6.92 Å². The fourth-order valence-corrected chi connectivity index (χ4v) is 0.433. The van der Waals surface area contributed by atoms with Crippen LogP contribution in [-0.2, 0) is 4.79 Å². The van der Waals surface area contributed by atoms with Crippen LogP contribution >= 0.6 is 0 Å². The summed E-state index contributed by atoms with van der Waals surface area (Å²) in [4.78, 5) is 9.88. The van der Waals surface area contributed by atoms with Crippen LogP contribution in [0, 0.1) is 0 Å². The van der Waals surface area contributed by atoms with Crippen LogP contribution in [0.25, 0.3) is 0 Å². The molecule has 3 atom stereocenters. The topological polar surface area (TPSA) is 77.8 Å². The molecular weight excluding hydrogens is 136 g/mol. The monoisotopic (exact) mass is 149 g/mol. The van der Waals surface area contributed by atoms with Gasteiger partial charge in [-0.1, -0.05) is 0 Å². The Morgan fingerprint density at radius 2 is 2.10 bits per heavy atom. The molecule has 0 saturated carbocycles. The van der Waals surface area contributed by atoms with Gasteiger partial charge in [0.1, 0.15) is 12.4 Å². The largest absolute Gasteiger partial charge is 0.391 e. The van der Waals surface area contributed by atoms with E-state index in [9.17, 15) is 4.79 Å². The van der Waals surface area contributed by atoms with Gasteiger partial charge in [-0.25, -0.2) is 0 Å². The Hall–Kier alpha value is -0.450.